The molecule has 0 spiro atoms. The third-order valence-corrected chi connectivity index (χ3v) is 4.44. The average Bonchev–Trinajstić information content (AvgIpc) is 3.05. The third-order valence-electron chi connectivity index (χ3n) is 4.44. The molecule has 1 saturated carbocycles. The summed E-state index contributed by atoms with van der Waals surface area (Å²) in [6.45, 7) is 4.29. The van der Waals surface area contributed by atoms with Crippen LogP contribution in [0.1, 0.15) is 26.3 Å². The number of benzene rings is 1. The number of carbonyl (C=O) groups excluding carboxylic acids is 1. The van der Waals surface area contributed by atoms with Gasteiger partial charge in [-0.2, -0.15) is 0 Å². The summed E-state index contributed by atoms with van der Waals surface area (Å²) in [5, 5.41) is 9.03. The molecule has 0 amide bonds. The molecule has 0 aromatic heterocycles. The third kappa shape index (κ3) is 3.31. The maximum absolute atomic E-state index is 13.5. The van der Waals surface area contributed by atoms with E-state index in [2.05, 4.69) is 0 Å². The fraction of sp³-hybridized carbons (Fsp3) is 0.471. The Hall–Kier alpha value is -1.89. The van der Waals surface area contributed by atoms with Gasteiger partial charge < -0.3 is 9.84 Å². The molecule has 2 atom stereocenters. The highest BCUT2D eigenvalue weighted by atomic mass is 19.2. The van der Waals surface area contributed by atoms with E-state index in [-0.39, 0.29) is 18.6 Å². The molecule has 7 heteroatoms. The van der Waals surface area contributed by atoms with Crippen LogP contribution < -0.4 is 0 Å². The molecule has 24 heavy (non-hydrogen) atoms. The summed E-state index contributed by atoms with van der Waals surface area (Å²) < 4.78 is 58.2. The number of halogens is 4. The Morgan fingerprint density at radius 3 is 2.29 bits per heavy atom. The number of aliphatic hydroxyl groups excluding tert-OH is 1. The van der Waals surface area contributed by atoms with Crippen LogP contribution in [0.5, 0.6) is 0 Å². The zero-order chi connectivity index (χ0) is 18.2. The highest BCUT2D eigenvalue weighted by molar-refractivity contribution is 5.78. The summed E-state index contributed by atoms with van der Waals surface area (Å²) in [5.41, 5.74) is -0.705. The Morgan fingerprint density at radius 2 is 1.79 bits per heavy atom. The molecule has 0 bridgehead atoms. The van der Waals surface area contributed by atoms with E-state index in [0.717, 1.165) is 0 Å². The van der Waals surface area contributed by atoms with E-state index in [1.807, 2.05) is 13.8 Å². The van der Waals surface area contributed by atoms with E-state index < -0.39 is 52.7 Å². The smallest absolute Gasteiger partial charge is 0.310 e. The van der Waals surface area contributed by atoms with Gasteiger partial charge in [0.1, 0.15) is 6.61 Å². The lowest BCUT2D eigenvalue weighted by Crippen LogP contribution is -2.13. The number of carbonyl (C=O) groups is 1. The predicted molar refractivity (Wildman–Crippen MR) is 77.7 cm³/mol. The molecule has 2 rings (SSSR count). The van der Waals surface area contributed by atoms with Gasteiger partial charge in [0.05, 0.1) is 18.1 Å². The zero-order valence-corrected chi connectivity index (χ0v) is 13.5. The first-order valence-corrected chi connectivity index (χ1v) is 7.37. The second-order valence-corrected chi connectivity index (χ2v) is 6.55. The van der Waals surface area contributed by atoms with Crippen LogP contribution in [0.3, 0.4) is 0 Å². The van der Waals surface area contributed by atoms with E-state index in [1.54, 1.807) is 13.0 Å². The van der Waals surface area contributed by atoms with Gasteiger partial charge in [0, 0.05) is 6.07 Å². The Kier molecular flexibility index (Phi) is 5.03. The molecule has 1 N–H and O–H groups in total. The van der Waals surface area contributed by atoms with Crippen LogP contribution in [0.15, 0.2) is 17.7 Å². The molecule has 3 nitrogen and oxygen atoms in total. The van der Waals surface area contributed by atoms with Crippen LogP contribution in [0, 0.1) is 40.5 Å². The van der Waals surface area contributed by atoms with Gasteiger partial charge in [-0.1, -0.05) is 25.5 Å². The number of hydrogen-bond acceptors (Lipinski definition) is 3. The number of hydrogen-bond donors (Lipinski definition) is 1. The lowest BCUT2D eigenvalue weighted by atomic mass is 10.1. The lowest BCUT2D eigenvalue weighted by Gasteiger charge is -2.09. The van der Waals surface area contributed by atoms with Crippen LogP contribution in [-0.2, 0) is 16.1 Å². The van der Waals surface area contributed by atoms with Crippen molar-refractivity contribution in [1.29, 1.82) is 0 Å². The summed E-state index contributed by atoms with van der Waals surface area (Å²) in [4.78, 5) is 12.1. The normalized spacial score (nSPS) is 22.4. The maximum Gasteiger partial charge on any atom is 0.310 e. The molecule has 0 radical (unpaired) electrons. The summed E-state index contributed by atoms with van der Waals surface area (Å²) >= 11 is 0. The molecule has 0 aliphatic heterocycles. The first-order chi connectivity index (χ1) is 11.1. The Morgan fingerprint density at radius 1 is 1.25 bits per heavy atom. The molecule has 1 fully saturated rings. The van der Waals surface area contributed by atoms with Gasteiger partial charge in [0.25, 0.3) is 0 Å². The largest absolute Gasteiger partial charge is 0.460 e. The second kappa shape index (κ2) is 6.55. The number of rotatable bonds is 5. The second-order valence-electron chi connectivity index (χ2n) is 6.55. The highest BCUT2D eigenvalue weighted by Gasteiger charge is 2.61. The zero-order valence-electron chi connectivity index (χ0n) is 13.5. The number of esters is 1. The van der Waals surface area contributed by atoms with Crippen LogP contribution in [0.25, 0.3) is 0 Å². The van der Waals surface area contributed by atoms with Crippen molar-refractivity contribution in [2.24, 2.45) is 17.3 Å². The number of ether oxygens (including phenoxy) is 1. The number of allylic oxidation sites excluding steroid dienone is 1. The summed E-state index contributed by atoms with van der Waals surface area (Å²) in [6.07, 6.45) is 1.74. The van der Waals surface area contributed by atoms with Crippen molar-refractivity contribution >= 4 is 5.97 Å². The van der Waals surface area contributed by atoms with E-state index >= 15 is 0 Å². The van der Waals surface area contributed by atoms with Gasteiger partial charge >= 0.3 is 5.97 Å². The van der Waals surface area contributed by atoms with Gasteiger partial charge in [-0.15, -0.1) is 0 Å². The van der Waals surface area contributed by atoms with Gasteiger partial charge in [-0.25, -0.2) is 17.6 Å². The molecule has 2 unspecified atom stereocenters. The lowest BCUT2D eigenvalue weighted by molar-refractivity contribution is -0.147. The van der Waals surface area contributed by atoms with Gasteiger partial charge in [0.15, 0.2) is 23.3 Å². The van der Waals surface area contributed by atoms with Crippen LogP contribution in [-0.4, -0.2) is 17.7 Å². The van der Waals surface area contributed by atoms with Crippen molar-refractivity contribution in [2.75, 3.05) is 6.61 Å². The van der Waals surface area contributed by atoms with E-state index in [0.29, 0.717) is 5.57 Å². The first-order valence-electron chi connectivity index (χ1n) is 7.37. The molecule has 0 saturated heterocycles. The molecule has 1 aromatic rings. The minimum atomic E-state index is -1.58. The molecule has 0 heterocycles. The van der Waals surface area contributed by atoms with E-state index in [1.165, 1.54) is 0 Å². The van der Waals surface area contributed by atoms with Crippen LogP contribution >= 0.6 is 0 Å². The minimum Gasteiger partial charge on any atom is -0.460 e. The van der Waals surface area contributed by atoms with Crippen molar-refractivity contribution in [3.63, 3.8) is 0 Å². The molecule has 1 aliphatic carbocycles. The summed E-state index contributed by atoms with van der Waals surface area (Å²) in [6, 6.07) is 0.0957. The van der Waals surface area contributed by atoms with Gasteiger partial charge in [-0.05, 0) is 18.3 Å². The Balaban J connectivity index is 2.10. The molecular formula is C17H18F4O3. The Labute approximate surface area is 136 Å². The van der Waals surface area contributed by atoms with Crippen molar-refractivity contribution in [1.82, 2.24) is 0 Å². The Bertz CT molecular complexity index is 671. The summed E-state index contributed by atoms with van der Waals surface area (Å²) in [5.74, 6) is -7.71. The van der Waals surface area contributed by atoms with Crippen LogP contribution in [0.2, 0.25) is 0 Å². The van der Waals surface area contributed by atoms with Gasteiger partial charge in [-0.3, -0.25) is 4.79 Å². The average molecular weight is 346 g/mol. The van der Waals surface area contributed by atoms with E-state index in [4.69, 9.17) is 9.84 Å². The molecular weight excluding hydrogens is 328 g/mol. The molecule has 1 aliphatic rings. The minimum absolute atomic E-state index is 0.0957. The van der Waals surface area contributed by atoms with Gasteiger partial charge in [0.2, 0.25) is 0 Å². The first kappa shape index (κ1) is 18.4. The van der Waals surface area contributed by atoms with Crippen molar-refractivity contribution in [3.05, 3.63) is 46.5 Å². The fourth-order valence-electron chi connectivity index (χ4n) is 2.78. The predicted octanol–water partition coefficient (Wildman–Crippen LogP) is 3.50. The fourth-order valence-corrected chi connectivity index (χ4v) is 2.78. The molecule has 1 aromatic carbocycles. The topological polar surface area (TPSA) is 46.5 Å². The monoisotopic (exact) mass is 346 g/mol. The quantitative estimate of drug-likeness (QED) is 0.384. The van der Waals surface area contributed by atoms with Crippen molar-refractivity contribution < 1.29 is 32.2 Å². The molecule has 132 valence electrons. The maximum atomic E-state index is 13.5. The highest BCUT2D eigenvalue weighted by Crippen LogP contribution is 2.59. The van der Waals surface area contributed by atoms with Crippen molar-refractivity contribution in [3.8, 4) is 0 Å². The summed E-state index contributed by atoms with van der Waals surface area (Å²) in [7, 11) is 0. The SMILES string of the molecule is CC(=CC1C(C(=O)OCc2c(F)c(F)cc(F)c2F)C1(C)C)CO. The standard InChI is InChI=1S/C17H18F4O3/c1-8(6-22)4-10-13(17(10,2)3)16(23)24-7-9-14(20)11(18)5-12(19)15(9)21/h4-5,10,13,22H,6-7H2,1-3H3. The number of aliphatic hydroxyl groups is 1. The van der Waals surface area contributed by atoms with Crippen LogP contribution in [0.4, 0.5) is 17.6 Å². The van der Waals surface area contributed by atoms with E-state index in [9.17, 15) is 22.4 Å². The van der Waals surface area contributed by atoms with Crippen molar-refractivity contribution in [2.45, 2.75) is 27.4 Å².